The number of ether oxygens (including phenoxy) is 1. The van der Waals surface area contributed by atoms with E-state index in [1.165, 1.54) is 0 Å². The van der Waals surface area contributed by atoms with E-state index in [0.717, 1.165) is 12.1 Å². The van der Waals surface area contributed by atoms with E-state index in [1.54, 1.807) is 4.90 Å². The molecular weight excluding hydrogens is 317 g/mol. The van der Waals surface area contributed by atoms with Crippen LogP contribution >= 0.6 is 0 Å². The van der Waals surface area contributed by atoms with Gasteiger partial charge in [-0.05, 0) is 11.6 Å². The monoisotopic (exact) mass is 332 g/mol. The Bertz CT molecular complexity index is 613. The quantitative estimate of drug-likeness (QED) is 0.394. The molecule has 0 bridgehead atoms. The van der Waals surface area contributed by atoms with Gasteiger partial charge in [-0.25, -0.2) is 4.99 Å². The van der Waals surface area contributed by atoms with Gasteiger partial charge in [-0.3, -0.25) is 10.1 Å². The number of nitro groups is 1. The smallest absolute Gasteiger partial charge is 0.378 e. The summed E-state index contributed by atoms with van der Waals surface area (Å²) in [6.45, 7) is 1.89. The zero-order valence-corrected chi connectivity index (χ0v) is 12.0. The Kier molecular flexibility index (Phi) is 5.04. The van der Waals surface area contributed by atoms with Gasteiger partial charge in [0.05, 0.1) is 30.2 Å². The van der Waals surface area contributed by atoms with Crippen molar-refractivity contribution in [2.24, 2.45) is 10.7 Å². The summed E-state index contributed by atoms with van der Waals surface area (Å²) in [6, 6.07) is 2.40. The molecule has 1 aliphatic heterocycles. The lowest BCUT2D eigenvalue weighted by molar-refractivity contribution is -0.385. The second kappa shape index (κ2) is 6.82. The first-order chi connectivity index (χ1) is 10.8. The minimum atomic E-state index is -4.67. The molecule has 7 nitrogen and oxygen atoms in total. The number of guanidine groups is 1. The molecule has 1 saturated heterocycles. The average Bonchev–Trinajstić information content (AvgIpc) is 2.52. The summed E-state index contributed by atoms with van der Waals surface area (Å²) in [7, 11) is 0. The van der Waals surface area contributed by atoms with E-state index < -0.39 is 22.4 Å². The third-order valence-electron chi connectivity index (χ3n) is 3.27. The molecule has 2 rings (SSSR count). The lowest BCUT2D eigenvalue weighted by atomic mass is 10.1. The summed E-state index contributed by atoms with van der Waals surface area (Å²) >= 11 is 0. The van der Waals surface area contributed by atoms with Gasteiger partial charge < -0.3 is 15.4 Å². The first-order valence-electron chi connectivity index (χ1n) is 6.75. The van der Waals surface area contributed by atoms with Crippen molar-refractivity contribution in [2.75, 3.05) is 26.3 Å². The van der Waals surface area contributed by atoms with Gasteiger partial charge in [-0.15, -0.1) is 0 Å². The number of halogens is 3. The minimum Gasteiger partial charge on any atom is -0.378 e. The van der Waals surface area contributed by atoms with Crippen LogP contribution in [0.1, 0.15) is 11.1 Å². The van der Waals surface area contributed by atoms with Crippen molar-refractivity contribution in [1.82, 2.24) is 4.90 Å². The maximum absolute atomic E-state index is 12.8. The van der Waals surface area contributed by atoms with Gasteiger partial charge in [-0.1, -0.05) is 0 Å². The van der Waals surface area contributed by atoms with Crippen LogP contribution in [0.25, 0.3) is 0 Å². The predicted octanol–water partition coefficient (Wildman–Crippen LogP) is 1.76. The number of nitrogens with zero attached hydrogens (tertiary/aromatic N) is 3. The number of non-ortho nitro benzene ring substituents is 1. The summed E-state index contributed by atoms with van der Waals surface area (Å²) in [5.74, 6) is 0.174. The summed E-state index contributed by atoms with van der Waals surface area (Å²) in [5.41, 5.74) is 4.14. The highest BCUT2D eigenvalue weighted by Crippen LogP contribution is 2.32. The van der Waals surface area contributed by atoms with Gasteiger partial charge >= 0.3 is 6.18 Å². The first kappa shape index (κ1) is 17.0. The first-order valence-corrected chi connectivity index (χ1v) is 6.75. The van der Waals surface area contributed by atoms with Gasteiger partial charge in [0.25, 0.3) is 5.69 Å². The van der Waals surface area contributed by atoms with Gasteiger partial charge in [-0.2, -0.15) is 13.2 Å². The van der Waals surface area contributed by atoms with E-state index in [4.69, 9.17) is 10.5 Å². The summed E-state index contributed by atoms with van der Waals surface area (Å²) in [4.78, 5) is 15.7. The van der Waals surface area contributed by atoms with Gasteiger partial charge in [0.15, 0.2) is 5.96 Å². The van der Waals surface area contributed by atoms with Crippen LogP contribution in [0, 0.1) is 10.1 Å². The van der Waals surface area contributed by atoms with Crippen molar-refractivity contribution in [3.8, 4) is 0 Å². The van der Waals surface area contributed by atoms with Crippen LogP contribution in [0.3, 0.4) is 0 Å². The number of hydrogen-bond acceptors (Lipinski definition) is 4. The normalized spacial score (nSPS) is 16.5. The Morgan fingerprint density at radius 3 is 2.57 bits per heavy atom. The van der Waals surface area contributed by atoms with Crippen molar-refractivity contribution in [1.29, 1.82) is 0 Å². The van der Waals surface area contributed by atoms with Crippen LogP contribution in [0.5, 0.6) is 0 Å². The molecule has 1 aliphatic rings. The van der Waals surface area contributed by atoms with Gasteiger partial charge in [0.2, 0.25) is 0 Å². The molecule has 1 aromatic rings. The number of hydrogen-bond donors (Lipinski definition) is 1. The molecule has 0 amide bonds. The summed E-state index contributed by atoms with van der Waals surface area (Å²) in [5, 5.41) is 10.8. The summed E-state index contributed by atoms with van der Waals surface area (Å²) in [6.07, 6.45) is -4.67. The second-order valence-corrected chi connectivity index (χ2v) is 4.92. The molecule has 0 unspecified atom stereocenters. The highest BCUT2D eigenvalue weighted by Gasteiger charge is 2.32. The van der Waals surface area contributed by atoms with Crippen molar-refractivity contribution < 1.29 is 22.8 Å². The second-order valence-electron chi connectivity index (χ2n) is 4.92. The summed E-state index contributed by atoms with van der Waals surface area (Å²) < 4.78 is 43.5. The van der Waals surface area contributed by atoms with Crippen molar-refractivity contribution in [2.45, 2.75) is 12.7 Å². The molecule has 126 valence electrons. The third kappa shape index (κ3) is 4.55. The predicted molar refractivity (Wildman–Crippen MR) is 75.8 cm³/mol. The highest BCUT2D eigenvalue weighted by molar-refractivity contribution is 5.78. The number of alkyl halides is 3. The van der Waals surface area contributed by atoms with E-state index in [-0.39, 0.29) is 18.1 Å². The minimum absolute atomic E-state index is 0.0720. The standard InChI is InChI=1S/C13H15F3N4O3/c14-13(15,16)10-5-9(6-11(7-10)20(21)22)8-18-12(17)19-1-3-23-4-2-19/h5-7H,1-4,8H2,(H2,17,18). The highest BCUT2D eigenvalue weighted by atomic mass is 19.4. The topological polar surface area (TPSA) is 94.0 Å². The molecule has 0 radical (unpaired) electrons. The molecule has 0 spiro atoms. The molecule has 10 heteroatoms. The Morgan fingerprint density at radius 2 is 2.00 bits per heavy atom. The largest absolute Gasteiger partial charge is 0.416 e. The molecule has 1 fully saturated rings. The molecule has 0 saturated carbocycles. The number of rotatable bonds is 3. The lowest BCUT2D eigenvalue weighted by Crippen LogP contribution is -2.44. The van der Waals surface area contributed by atoms with E-state index in [2.05, 4.69) is 4.99 Å². The number of benzene rings is 1. The number of morpholine rings is 1. The number of aliphatic imine (C=N–C) groups is 1. The van der Waals surface area contributed by atoms with E-state index in [0.29, 0.717) is 32.4 Å². The number of nitro benzene ring substituents is 1. The van der Waals surface area contributed by atoms with Crippen LogP contribution in [0.2, 0.25) is 0 Å². The van der Waals surface area contributed by atoms with Crippen LogP contribution in [0.4, 0.5) is 18.9 Å². The molecule has 2 N–H and O–H groups in total. The lowest BCUT2D eigenvalue weighted by Gasteiger charge is -2.27. The van der Waals surface area contributed by atoms with Crippen LogP contribution < -0.4 is 5.73 Å². The fraction of sp³-hybridized carbons (Fsp3) is 0.462. The fourth-order valence-corrected chi connectivity index (χ4v) is 2.10. The Labute approximate surface area is 129 Å². The molecule has 0 atom stereocenters. The van der Waals surface area contributed by atoms with Crippen LogP contribution in [-0.4, -0.2) is 42.1 Å². The van der Waals surface area contributed by atoms with Gasteiger partial charge in [0, 0.05) is 25.2 Å². The number of nitrogens with two attached hydrogens (primary N) is 1. The Morgan fingerprint density at radius 1 is 1.35 bits per heavy atom. The van der Waals surface area contributed by atoms with Crippen LogP contribution in [0.15, 0.2) is 23.2 Å². The van der Waals surface area contributed by atoms with Crippen molar-refractivity contribution >= 4 is 11.6 Å². The maximum atomic E-state index is 12.8. The SMILES string of the molecule is NC(=NCc1cc([N+](=O)[O-])cc(C(F)(F)F)c1)N1CCOCC1. The maximum Gasteiger partial charge on any atom is 0.416 e. The Balaban J connectivity index is 2.21. The van der Waals surface area contributed by atoms with E-state index in [1.807, 2.05) is 0 Å². The van der Waals surface area contributed by atoms with E-state index in [9.17, 15) is 23.3 Å². The van der Waals surface area contributed by atoms with Crippen molar-refractivity contribution in [3.05, 3.63) is 39.4 Å². The van der Waals surface area contributed by atoms with Gasteiger partial charge in [0.1, 0.15) is 0 Å². The van der Waals surface area contributed by atoms with Crippen molar-refractivity contribution in [3.63, 3.8) is 0 Å². The third-order valence-corrected chi connectivity index (χ3v) is 3.27. The average molecular weight is 332 g/mol. The molecule has 0 aromatic heterocycles. The van der Waals surface area contributed by atoms with Crippen LogP contribution in [-0.2, 0) is 17.5 Å². The molecule has 0 aliphatic carbocycles. The molecule has 1 aromatic carbocycles. The zero-order chi connectivity index (χ0) is 17.0. The Hall–Kier alpha value is -2.36. The zero-order valence-electron chi connectivity index (χ0n) is 12.0. The molecular formula is C13H15F3N4O3. The van der Waals surface area contributed by atoms with E-state index >= 15 is 0 Å². The fourth-order valence-electron chi connectivity index (χ4n) is 2.10. The molecule has 1 heterocycles. The molecule has 23 heavy (non-hydrogen) atoms.